The lowest BCUT2D eigenvalue weighted by Crippen LogP contribution is -2.29. The zero-order valence-electron chi connectivity index (χ0n) is 13.3. The highest BCUT2D eigenvalue weighted by Gasteiger charge is 2.25. The summed E-state index contributed by atoms with van der Waals surface area (Å²) in [6, 6.07) is 9.29. The molecule has 1 aromatic carbocycles. The van der Waals surface area contributed by atoms with Crippen LogP contribution in [0.3, 0.4) is 0 Å². The Kier molecular flexibility index (Phi) is 5.39. The second-order valence-corrected chi connectivity index (χ2v) is 7.99. The molecule has 0 spiro atoms. The maximum Gasteiger partial charge on any atom is 0.0414 e. The molecule has 20 heavy (non-hydrogen) atoms. The third-order valence-electron chi connectivity index (χ3n) is 4.09. The van der Waals surface area contributed by atoms with E-state index in [1.807, 2.05) is 0 Å². The average molecular weight is 292 g/mol. The van der Waals surface area contributed by atoms with Crippen LogP contribution in [0.1, 0.15) is 45.7 Å². The molecule has 1 aromatic rings. The van der Waals surface area contributed by atoms with Crippen molar-refractivity contribution in [2.75, 3.05) is 30.3 Å². The second kappa shape index (κ2) is 6.86. The summed E-state index contributed by atoms with van der Waals surface area (Å²) >= 11 is 2.11. The van der Waals surface area contributed by atoms with E-state index in [4.69, 9.17) is 0 Å². The van der Waals surface area contributed by atoms with Crippen LogP contribution >= 0.6 is 11.8 Å². The van der Waals surface area contributed by atoms with Crippen molar-refractivity contribution in [2.24, 2.45) is 0 Å². The molecule has 2 nitrogen and oxygen atoms in total. The fourth-order valence-electron chi connectivity index (χ4n) is 2.82. The highest BCUT2D eigenvalue weighted by Crippen LogP contribution is 2.34. The molecule has 1 atom stereocenters. The van der Waals surface area contributed by atoms with Gasteiger partial charge in [0.25, 0.3) is 0 Å². The molecule has 2 rings (SSSR count). The van der Waals surface area contributed by atoms with E-state index in [-0.39, 0.29) is 0 Å². The van der Waals surface area contributed by atoms with Crippen LogP contribution in [0.15, 0.2) is 24.3 Å². The number of benzene rings is 1. The van der Waals surface area contributed by atoms with Crippen LogP contribution in [0.25, 0.3) is 0 Å². The van der Waals surface area contributed by atoms with E-state index in [1.165, 1.54) is 23.4 Å². The average Bonchev–Trinajstić information content (AvgIpc) is 2.60. The maximum atomic E-state index is 3.54. The highest BCUT2D eigenvalue weighted by molar-refractivity contribution is 8.00. The van der Waals surface area contributed by atoms with Gasteiger partial charge in [0.2, 0.25) is 0 Å². The normalized spacial score (nSPS) is 20.5. The van der Waals surface area contributed by atoms with E-state index in [2.05, 4.69) is 73.9 Å². The van der Waals surface area contributed by atoms with Crippen molar-refractivity contribution in [1.82, 2.24) is 5.32 Å². The summed E-state index contributed by atoms with van der Waals surface area (Å²) in [5.74, 6) is 1.22. The number of para-hydroxylation sites is 1. The Balaban J connectivity index is 2.19. The van der Waals surface area contributed by atoms with E-state index in [0.717, 1.165) is 19.6 Å². The van der Waals surface area contributed by atoms with Crippen LogP contribution in [-0.4, -0.2) is 30.1 Å². The molecule has 1 saturated heterocycles. The first kappa shape index (κ1) is 15.7. The molecule has 1 fully saturated rings. The number of thioether (sulfide) groups is 1. The standard InChI is InChI=1S/C17H28N2S/c1-5-18-14(2)15-8-6-7-9-16(15)19-11-10-17(3,4)20-13-12-19/h6-9,14,18H,5,10-13H2,1-4H3. The smallest absolute Gasteiger partial charge is 0.0414 e. The first-order chi connectivity index (χ1) is 9.53. The van der Waals surface area contributed by atoms with Crippen LogP contribution in [0.4, 0.5) is 5.69 Å². The van der Waals surface area contributed by atoms with Gasteiger partial charge in [-0.2, -0.15) is 11.8 Å². The van der Waals surface area contributed by atoms with Gasteiger partial charge in [-0.25, -0.2) is 0 Å². The van der Waals surface area contributed by atoms with Gasteiger partial charge in [0.05, 0.1) is 0 Å². The molecule has 0 radical (unpaired) electrons. The number of nitrogens with zero attached hydrogens (tertiary/aromatic N) is 1. The predicted molar refractivity (Wildman–Crippen MR) is 91.9 cm³/mol. The Labute approximate surface area is 128 Å². The highest BCUT2D eigenvalue weighted by atomic mass is 32.2. The van der Waals surface area contributed by atoms with Gasteiger partial charge in [0.1, 0.15) is 0 Å². The molecular weight excluding hydrogens is 264 g/mol. The third-order valence-corrected chi connectivity index (χ3v) is 5.46. The molecule has 1 unspecified atom stereocenters. The number of rotatable bonds is 4. The Hall–Kier alpha value is -0.670. The minimum atomic E-state index is 0.414. The van der Waals surface area contributed by atoms with Crippen LogP contribution in [0.5, 0.6) is 0 Å². The predicted octanol–water partition coefficient (Wildman–Crippen LogP) is 4.08. The van der Waals surface area contributed by atoms with Crippen molar-refractivity contribution in [2.45, 2.75) is 44.9 Å². The van der Waals surface area contributed by atoms with E-state index in [0.29, 0.717) is 10.8 Å². The zero-order chi connectivity index (χ0) is 14.6. The van der Waals surface area contributed by atoms with Gasteiger partial charge < -0.3 is 10.2 Å². The zero-order valence-corrected chi connectivity index (χ0v) is 14.1. The maximum absolute atomic E-state index is 3.54. The summed E-state index contributed by atoms with van der Waals surface area (Å²) in [5.41, 5.74) is 2.85. The molecule has 112 valence electrons. The van der Waals surface area contributed by atoms with E-state index in [9.17, 15) is 0 Å². The van der Waals surface area contributed by atoms with Crippen LogP contribution in [0.2, 0.25) is 0 Å². The summed E-state index contributed by atoms with van der Waals surface area (Å²) < 4.78 is 0.414. The fraction of sp³-hybridized carbons (Fsp3) is 0.647. The molecule has 0 aliphatic carbocycles. The molecular formula is C17H28N2S. The monoisotopic (exact) mass is 292 g/mol. The van der Waals surface area contributed by atoms with Gasteiger partial charge in [-0.3, -0.25) is 0 Å². The Bertz CT molecular complexity index is 431. The number of hydrogen-bond acceptors (Lipinski definition) is 3. The first-order valence-corrected chi connectivity index (χ1v) is 8.73. The topological polar surface area (TPSA) is 15.3 Å². The van der Waals surface area contributed by atoms with E-state index in [1.54, 1.807) is 0 Å². The van der Waals surface area contributed by atoms with Gasteiger partial charge in [-0.05, 0) is 31.5 Å². The SMILES string of the molecule is CCNC(C)c1ccccc1N1CCSC(C)(C)CC1. The number of nitrogens with one attached hydrogen (secondary N) is 1. The summed E-state index contributed by atoms with van der Waals surface area (Å²) in [4.78, 5) is 2.57. The summed E-state index contributed by atoms with van der Waals surface area (Å²) in [7, 11) is 0. The number of hydrogen-bond donors (Lipinski definition) is 1. The van der Waals surface area contributed by atoms with Gasteiger partial charge >= 0.3 is 0 Å². The molecule has 1 aliphatic heterocycles. The summed E-state index contributed by atoms with van der Waals surface area (Å²) in [6.45, 7) is 12.5. The second-order valence-electron chi connectivity index (χ2n) is 6.18. The van der Waals surface area contributed by atoms with Crippen molar-refractivity contribution in [1.29, 1.82) is 0 Å². The van der Waals surface area contributed by atoms with Crippen molar-refractivity contribution in [3.05, 3.63) is 29.8 Å². The van der Waals surface area contributed by atoms with Crippen LogP contribution in [-0.2, 0) is 0 Å². The van der Waals surface area contributed by atoms with Gasteiger partial charge in [-0.15, -0.1) is 0 Å². The molecule has 0 aromatic heterocycles. The molecule has 0 saturated carbocycles. The first-order valence-electron chi connectivity index (χ1n) is 7.75. The van der Waals surface area contributed by atoms with Crippen molar-refractivity contribution < 1.29 is 0 Å². The molecule has 0 amide bonds. The molecule has 1 heterocycles. The van der Waals surface area contributed by atoms with Crippen LogP contribution in [0, 0.1) is 0 Å². The largest absolute Gasteiger partial charge is 0.370 e. The van der Waals surface area contributed by atoms with Gasteiger partial charge in [-0.1, -0.05) is 39.0 Å². The van der Waals surface area contributed by atoms with Gasteiger partial charge in [0, 0.05) is 35.3 Å². The Morgan fingerprint density at radius 2 is 2.05 bits per heavy atom. The number of anilines is 1. The minimum Gasteiger partial charge on any atom is -0.370 e. The van der Waals surface area contributed by atoms with Crippen molar-refractivity contribution >= 4 is 17.4 Å². The van der Waals surface area contributed by atoms with Crippen molar-refractivity contribution in [3.8, 4) is 0 Å². The Morgan fingerprint density at radius 1 is 1.30 bits per heavy atom. The van der Waals surface area contributed by atoms with Crippen LogP contribution < -0.4 is 10.2 Å². The molecule has 1 aliphatic rings. The third kappa shape index (κ3) is 3.92. The molecule has 0 bridgehead atoms. The van der Waals surface area contributed by atoms with E-state index < -0.39 is 0 Å². The lowest BCUT2D eigenvalue weighted by molar-refractivity contribution is 0.592. The van der Waals surface area contributed by atoms with Gasteiger partial charge in [0.15, 0.2) is 0 Å². The lowest BCUT2D eigenvalue weighted by Gasteiger charge is -2.28. The fourth-order valence-corrected chi connectivity index (χ4v) is 3.92. The summed E-state index contributed by atoms with van der Waals surface area (Å²) in [6.07, 6.45) is 1.25. The quantitative estimate of drug-likeness (QED) is 0.900. The molecule has 1 N–H and O–H groups in total. The summed E-state index contributed by atoms with van der Waals surface area (Å²) in [5, 5.41) is 3.54. The Morgan fingerprint density at radius 3 is 2.80 bits per heavy atom. The van der Waals surface area contributed by atoms with E-state index >= 15 is 0 Å². The van der Waals surface area contributed by atoms with Crippen molar-refractivity contribution in [3.63, 3.8) is 0 Å². The minimum absolute atomic E-state index is 0.414. The molecule has 3 heteroatoms. The lowest BCUT2D eigenvalue weighted by atomic mass is 10.0.